The van der Waals surface area contributed by atoms with Gasteiger partial charge in [0.05, 0.1) is 0 Å². The standard InChI is InChI=1S/C10H16.C2H6/c1-8(2)6-7-10(5)9(3)4;1-2/h6-7,9H,1,5H2,2-4H3;1-2H3/b7-6-;. The molecule has 70 valence electrons. The molecule has 0 saturated carbocycles. The van der Waals surface area contributed by atoms with Gasteiger partial charge in [-0.2, -0.15) is 0 Å². The third kappa shape index (κ3) is 9.22. The van der Waals surface area contributed by atoms with Crippen LogP contribution in [-0.4, -0.2) is 0 Å². The van der Waals surface area contributed by atoms with Gasteiger partial charge in [-0.1, -0.05) is 64.2 Å². The smallest absolute Gasteiger partial charge is 0.0225 e. The SMILES string of the molecule is C=C(C)/C=C\C(=C)C(C)C.CC. The van der Waals surface area contributed by atoms with Gasteiger partial charge in [-0.15, -0.1) is 0 Å². The first-order valence-electron chi connectivity index (χ1n) is 4.56. The molecule has 0 amide bonds. The first-order chi connectivity index (χ1) is 5.54. The largest absolute Gasteiger partial charge is 0.0961 e. The van der Waals surface area contributed by atoms with Crippen molar-refractivity contribution < 1.29 is 0 Å². The predicted octanol–water partition coefficient (Wildman–Crippen LogP) is 4.36. The van der Waals surface area contributed by atoms with E-state index < -0.39 is 0 Å². The maximum atomic E-state index is 3.90. The average molecular weight is 166 g/mol. The molecule has 0 aliphatic heterocycles. The molecule has 0 N–H and O–H groups in total. The molecule has 0 atom stereocenters. The molecule has 0 saturated heterocycles. The van der Waals surface area contributed by atoms with Crippen molar-refractivity contribution >= 4 is 0 Å². The van der Waals surface area contributed by atoms with Gasteiger partial charge in [-0.05, 0) is 12.8 Å². The zero-order valence-corrected chi connectivity index (χ0v) is 9.15. The van der Waals surface area contributed by atoms with Gasteiger partial charge in [0.1, 0.15) is 0 Å². The second kappa shape index (κ2) is 8.32. The lowest BCUT2D eigenvalue weighted by molar-refractivity contribution is 0.795. The van der Waals surface area contributed by atoms with Crippen molar-refractivity contribution in [3.8, 4) is 0 Å². The van der Waals surface area contributed by atoms with Crippen LogP contribution >= 0.6 is 0 Å². The van der Waals surface area contributed by atoms with Gasteiger partial charge in [0.15, 0.2) is 0 Å². The van der Waals surface area contributed by atoms with Crippen molar-refractivity contribution in [2.75, 3.05) is 0 Å². The third-order valence-electron chi connectivity index (χ3n) is 1.32. The predicted molar refractivity (Wildman–Crippen MR) is 59.3 cm³/mol. The quantitative estimate of drug-likeness (QED) is 0.546. The first-order valence-corrected chi connectivity index (χ1v) is 4.56. The first kappa shape index (κ1) is 13.8. The summed E-state index contributed by atoms with van der Waals surface area (Å²) in [6, 6.07) is 0. The van der Waals surface area contributed by atoms with Crippen molar-refractivity contribution in [1.29, 1.82) is 0 Å². The van der Waals surface area contributed by atoms with Gasteiger partial charge in [-0.25, -0.2) is 0 Å². The second-order valence-corrected chi connectivity index (χ2v) is 2.91. The molecule has 0 bridgehead atoms. The molecule has 0 fully saturated rings. The van der Waals surface area contributed by atoms with E-state index in [1.54, 1.807) is 0 Å². The Morgan fingerprint density at radius 3 is 1.75 bits per heavy atom. The molecule has 0 nitrogen and oxygen atoms in total. The molecular formula is C12H22. The van der Waals surface area contributed by atoms with Gasteiger partial charge in [0.2, 0.25) is 0 Å². The third-order valence-corrected chi connectivity index (χ3v) is 1.32. The Morgan fingerprint density at radius 1 is 1.08 bits per heavy atom. The maximum Gasteiger partial charge on any atom is -0.0225 e. The lowest BCUT2D eigenvalue weighted by Crippen LogP contribution is -1.86. The lowest BCUT2D eigenvalue weighted by Gasteiger charge is -2.01. The minimum atomic E-state index is 0.538. The lowest BCUT2D eigenvalue weighted by atomic mass is 10.0. The molecule has 0 heteroatoms. The van der Waals surface area contributed by atoms with Crippen LogP contribution < -0.4 is 0 Å². The van der Waals surface area contributed by atoms with Gasteiger partial charge in [-0.3, -0.25) is 0 Å². The van der Waals surface area contributed by atoms with E-state index in [1.165, 1.54) is 0 Å². The van der Waals surface area contributed by atoms with E-state index in [4.69, 9.17) is 0 Å². The summed E-state index contributed by atoms with van der Waals surface area (Å²) in [6.07, 6.45) is 4.01. The van der Waals surface area contributed by atoms with E-state index >= 15 is 0 Å². The highest BCUT2D eigenvalue weighted by molar-refractivity contribution is 5.23. The van der Waals surface area contributed by atoms with Crippen LogP contribution in [0.4, 0.5) is 0 Å². The van der Waals surface area contributed by atoms with Crippen LogP contribution in [0.3, 0.4) is 0 Å². The minimum Gasteiger partial charge on any atom is -0.0961 e. The Labute approximate surface area is 77.7 Å². The van der Waals surface area contributed by atoms with E-state index in [9.17, 15) is 0 Å². The summed E-state index contributed by atoms with van der Waals surface area (Å²) < 4.78 is 0. The molecule has 0 aromatic heterocycles. The van der Waals surface area contributed by atoms with Crippen molar-refractivity contribution in [2.45, 2.75) is 34.6 Å². The molecule has 0 unspecified atom stereocenters. The summed E-state index contributed by atoms with van der Waals surface area (Å²) in [5.74, 6) is 0.538. The van der Waals surface area contributed by atoms with Gasteiger partial charge in [0.25, 0.3) is 0 Å². The fourth-order valence-electron chi connectivity index (χ4n) is 0.442. The molecule has 0 aliphatic rings. The van der Waals surface area contributed by atoms with Crippen molar-refractivity contribution in [1.82, 2.24) is 0 Å². The normalized spacial score (nSPS) is 9.50. The molecule has 12 heavy (non-hydrogen) atoms. The average Bonchev–Trinajstić information content (AvgIpc) is 2.03. The van der Waals surface area contributed by atoms with Gasteiger partial charge >= 0.3 is 0 Å². The van der Waals surface area contributed by atoms with Crippen molar-refractivity contribution in [3.05, 3.63) is 36.5 Å². The second-order valence-electron chi connectivity index (χ2n) is 2.91. The van der Waals surface area contributed by atoms with E-state index in [0.717, 1.165) is 11.1 Å². The van der Waals surface area contributed by atoms with Crippen LogP contribution in [-0.2, 0) is 0 Å². The van der Waals surface area contributed by atoms with E-state index in [1.807, 2.05) is 32.9 Å². The Hall–Kier alpha value is -0.780. The number of allylic oxidation sites excluding steroid dienone is 4. The number of rotatable bonds is 3. The van der Waals surface area contributed by atoms with E-state index in [-0.39, 0.29) is 0 Å². The van der Waals surface area contributed by atoms with E-state index in [2.05, 4.69) is 27.0 Å². The molecule has 0 radical (unpaired) electrons. The summed E-state index contributed by atoms with van der Waals surface area (Å²) in [6.45, 7) is 17.9. The minimum absolute atomic E-state index is 0.538. The molecule has 0 aliphatic carbocycles. The van der Waals surface area contributed by atoms with Crippen LogP contribution in [0.2, 0.25) is 0 Å². The Kier molecular flexibility index (Phi) is 9.56. The summed E-state index contributed by atoms with van der Waals surface area (Å²) in [7, 11) is 0. The summed E-state index contributed by atoms with van der Waals surface area (Å²) in [4.78, 5) is 0. The maximum absolute atomic E-state index is 3.90. The highest BCUT2D eigenvalue weighted by atomic mass is 14.0. The highest BCUT2D eigenvalue weighted by Gasteiger charge is 1.92. The molecule has 0 aromatic rings. The van der Waals surface area contributed by atoms with Crippen LogP contribution in [0, 0.1) is 5.92 Å². The fraction of sp³-hybridized carbons (Fsp3) is 0.500. The van der Waals surface area contributed by atoms with E-state index in [0.29, 0.717) is 5.92 Å². The summed E-state index contributed by atoms with van der Waals surface area (Å²) in [5.41, 5.74) is 2.23. The highest BCUT2D eigenvalue weighted by Crippen LogP contribution is 2.08. The zero-order valence-electron chi connectivity index (χ0n) is 9.15. The van der Waals surface area contributed by atoms with Crippen molar-refractivity contribution in [2.24, 2.45) is 5.92 Å². The number of hydrogen-bond donors (Lipinski definition) is 0. The topological polar surface area (TPSA) is 0 Å². The van der Waals surface area contributed by atoms with Gasteiger partial charge in [0, 0.05) is 0 Å². The molecule has 0 heterocycles. The zero-order chi connectivity index (χ0) is 10.1. The molecule has 0 rings (SSSR count). The van der Waals surface area contributed by atoms with Crippen LogP contribution in [0.15, 0.2) is 36.5 Å². The van der Waals surface area contributed by atoms with Crippen LogP contribution in [0.25, 0.3) is 0 Å². The monoisotopic (exact) mass is 166 g/mol. The van der Waals surface area contributed by atoms with Gasteiger partial charge < -0.3 is 0 Å². The summed E-state index contributed by atoms with van der Waals surface area (Å²) in [5, 5.41) is 0. The van der Waals surface area contributed by atoms with Crippen LogP contribution in [0.1, 0.15) is 34.6 Å². The fourth-order valence-corrected chi connectivity index (χ4v) is 0.442. The Morgan fingerprint density at radius 2 is 1.50 bits per heavy atom. The number of hydrogen-bond acceptors (Lipinski definition) is 0. The van der Waals surface area contributed by atoms with Crippen molar-refractivity contribution in [3.63, 3.8) is 0 Å². The van der Waals surface area contributed by atoms with Crippen LogP contribution in [0.5, 0.6) is 0 Å². The molecule has 0 spiro atoms. The molecular weight excluding hydrogens is 144 g/mol. The molecule has 0 aromatic carbocycles. The Balaban J connectivity index is 0. The summed E-state index contributed by atoms with van der Waals surface area (Å²) >= 11 is 0. The Bertz CT molecular complexity index is 159.